The van der Waals surface area contributed by atoms with Crippen molar-refractivity contribution in [2.75, 3.05) is 13.2 Å². The first-order valence-electron chi connectivity index (χ1n) is 26.6. The van der Waals surface area contributed by atoms with E-state index < -0.39 is 12.1 Å². The predicted octanol–water partition coefficient (Wildman–Crippen LogP) is 18.0. The Bertz CT molecular complexity index is 1650. The molecule has 1 atom stereocenters. The zero-order valence-electron chi connectivity index (χ0n) is 43.5. The van der Waals surface area contributed by atoms with Gasteiger partial charge in [-0.05, 0) is 135 Å². The molecule has 0 unspecified atom stereocenters. The number of ether oxygens (including phenoxy) is 3. The second-order valence-corrected chi connectivity index (χ2v) is 16.7. The van der Waals surface area contributed by atoms with E-state index in [4.69, 9.17) is 14.2 Å². The van der Waals surface area contributed by atoms with Gasteiger partial charge < -0.3 is 14.2 Å². The van der Waals surface area contributed by atoms with E-state index in [0.29, 0.717) is 19.3 Å². The van der Waals surface area contributed by atoms with Crippen LogP contribution in [0.4, 0.5) is 0 Å². The monoisotopic (exact) mass is 947 g/mol. The molecule has 0 spiro atoms. The summed E-state index contributed by atoms with van der Waals surface area (Å²) in [6.07, 6.45) is 82.1. The lowest BCUT2D eigenvalue weighted by Crippen LogP contribution is -2.30. The highest BCUT2D eigenvalue weighted by Crippen LogP contribution is 2.09. The molecule has 0 aromatic heterocycles. The van der Waals surface area contributed by atoms with Crippen LogP contribution in [-0.4, -0.2) is 37.2 Å². The number of esters is 3. The molecule has 382 valence electrons. The fourth-order valence-electron chi connectivity index (χ4n) is 6.27. The van der Waals surface area contributed by atoms with Gasteiger partial charge in [-0.3, -0.25) is 14.4 Å². The Hall–Kier alpha value is -5.23. The Balaban J connectivity index is 4.70. The molecule has 0 amide bonds. The van der Waals surface area contributed by atoms with Gasteiger partial charge in [-0.2, -0.15) is 0 Å². The minimum absolute atomic E-state index is 0.156. The molecule has 0 heterocycles. The summed E-state index contributed by atoms with van der Waals surface area (Å²) in [5.41, 5.74) is 0. The first kappa shape index (κ1) is 63.8. The van der Waals surface area contributed by atoms with E-state index in [2.05, 4.69) is 191 Å². The summed E-state index contributed by atoms with van der Waals surface area (Å²) in [5.74, 6) is -1.14. The Morgan fingerprint density at radius 1 is 0.304 bits per heavy atom. The maximum Gasteiger partial charge on any atom is 0.306 e. The number of carbonyl (C=O) groups excluding carboxylic acids is 3. The summed E-state index contributed by atoms with van der Waals surface area (Å²) in [5, 5.41) is 0. The standard InChI is InChI=1S/C63H94O6/c1-4-7-10-13-16-19-22-25-28-31-34-37-40-43-46-49-52-55-61(64)67-58-60(69-63(66)57-54-51-48-45-42-39-36-33-30-27-24-21-18-15-12-9-6-3)59-68-62(65)56-53-50-47-44-41-38-35-32-29-26-23-20-17-14-11-8-5-2/h7,9-10,12,16-21,25-30,34-39,43-48,60H,4-6,8,11,13-15,22-24,31-33,40-42,49-59H2,1-3H3/b10-7+,12-9+,19-16+,20-17+,21-18+,28-25+,29-26+,30-27+,37-34+,38-35+,39-36+,46-43+,47-44+,48-45+/t60-/m0/s1. The van der Waals surface area contributed by atoms with Gasteiger partial charge in [0.25, 0.3) is 0 Å². The maximum atomic E-state index is 12.8. The molecule has 0 aliphatic rings. The lowest BCUT2D eigenvalue weighted by molar-refractivity contribution is -0.166. The van der Waals surface area contributed by atoms with E-state index in [9.17, 15) is 14.4 Å². The first-order valence-corrected chi connectivity index (χ1v) is 26.6. The van der Waals surface area contributed by atoms with Gasteiger partial charge in [0, 0.05) is 19.3 Å². The topological polar surface area (TPSA) is 78.9 Å². The zero-order chi connectivity index (χ0) is 50.0. The van der Waals surface area contributed by atoms with Gasteiger partial charge in [-0.15, -0.1) is 0 Å². The van der Waals surface area contributed by atoms with Crippen molar-refractivity contribution in [3.63, 3.8) is 0 Å². The smallest absolute Gasteiger partial charge is 0.306 e. The molecule has 6 nitrogen and oxygen atoms in total. The van der Waals surface area contributed by atoms with Crippen LogP contribution in [0.5, 0.6) is 0 Å². The van der Waals surface area contributed by atoms with Crippen molar-refractivity contribution in [1.29, 1.82) is 0 Å². The third kappa shape index (κ3) is 53.6. The van der Waals surface area contributed by atoms with E-state index in [1.54, 1.807) is 0 Å². The molecule has 0 bridgehead atoms. The highest BCUT2D eigenvalue weighted by molar-refractivity contribution is 5.71. The third-order valence-electron chi connectivity index (χ3n) is 10.2. The highest BCUT2D eigenvalue weighted by atomic mass is 16.6. The maximum absolute atomic E-state index is 12.8. The van der Waals surface area contributed by atoms with E-state index in [0.717, 1.165) is 103 Å². The number of rotatable bonds is 45. The van der Waals surface area contributed by atoms with Crippen molar-refractivity contribution in [1.82, 2.24) is 0 Å². The normalized spacial score (nSPS) is 13.5. The third-order valence-corrected chi connectivity index (χ3v) is 10.2. The van der Waals surface area contributed by atoms with Crippen molar-refractivity contribution >= 4 is 17.9 Å². The summed E-state index contributed by atoms with van der Waals surface area (Å²) in [4.78, 5) is 38.0. The summed E-state index contributed by atoms with van der Waals surface area (Å²) < 4.78 is 16.7. The molecule has 0 saturated heterocycles. The molecule has 0 fully saturated rings. The van der Waals surface area contributed by atoms with Gasteiger partial charge in [-0.25, -0.2) is 0 Å². The van der Waals surface area contributed by atoms with E-state index in [1.807, 2.05) is 0 Å². The fraction of sp³-hybridized carbons (Fsp3) is 0.508. The average Bonchev–Trinajstić information content (AvgIpc) is 3.35. The highest BCUT2D eigenvalue weighted by Gasteiger charge is 2.19. The van der Waals surface area contributed by atoms with Crippen LogP contribution < -0.4 is 0 Å². The largest absolute Gasteiger partial charge is 0.462 e. The van der Waals surface area contributed by atoms with Crippen LogP contribution in [0, 0.1) is 0 Å². The Labute approximate surface area is 422 Å². The quantitative estimate of drug-likeness (QED) is 0.0262. The molecule has 6 heteroatoms. The molecule has 0 saturated carbocycles. The fourth-order valence-corrected chi connectivity index (χ4v) is 6.27. The number of hydrogen-bond donors (Lipinski definition) is 0. The molecular formula is C63H94O6. The van der Waals surface area contributed by atoms with Crippen LogP contribution in [0.2, 0.25) is 0 Å². The Kier molecular flexibility index (Phi) is 51.2. The van der Waals surface area contributed by atoms with Crippen LogP contribution >= 0.6 is 0 Å². The van der Waals surface area contributed by atoms with Crippen molar-refractivity contribution in [2.24, 2.45) is 0 Å². The number of carbonyl (C=O) groups is 3. The summed E-state index contributed by atoms with van der Waals surface area (Å²) in [7, 11) is 0. The Morgan fingerprint density at radius 2 is 0.551 bits per heavy atom. The number of allylic oxidation sites excluding steroid dienone is 28. The van der Waals surface area contributed by atoms with Gasteiger partial charge in [0.05, 0.1) is 0 Å². The van der Waals surface area contributed by atoms with Crippen LogP contribution in [-0.2, 0) is 28.6 Å². The van der Waals surface area contributed by atoms with Crippen LogP contribution in [0.25, 0.3) is 0 Å². The van der Waals surface area contributed by atoms with Crippen molar-refractivity contribution < 1.29 is 28.6 Å². The van der Waals surface area contributed by atoms with Gasteiger partial charge in [0.1, 0.15) is 13.2 Å². The molecule has 0 rings (SSSR count). The van der Waals surface area contributed by atoms with Gasteiger partial charge in [-0.1, -0.05) is 204 Å². The zero-order valence-corrected chi connectivity index (χ0v) is 43.5. The average molecular weight is 947 g/mol. The summed E-state index contributed by atoms with van der Waals surface area (Å²) in [6, 6.07) is 0. The summed E-state index contributed by atoms with van der Waals surface area (Å²) in [6.45, 7) is 6.20. The second kappa shape index (κ2) is 55.4. The Morgan fingerprint density at radius 3 is 0.826 bits per heavy atom. The minimum atomic E-state index is -0.862. The van der Waals surface area contributed by atoms with Crippen molar-refractivity contribution in [3.8, 4) is 0 Å². The lowest BCUT2D eigenvalue weighted by Gasteiger charge is -2.18. The van der Waals surface area contributed by atoms with Gasteiger partial charge in [0.2, 0.25) is 0 Å². The molecule has 0 aromatic rings. The second-order valence-electron chi connectivity index (χ2n) is 16.7. The van der Waals surface area contributed by atoms with Crippen LogP contribution in [0.15, 0.2) is 170 Å². The molecule has 0 aliphatic carbocycles. The minimum Gasteiger partial charge on any atom is -0.462 e. The molecule has 0 aromatic carbocycles. The molecule has 0 aliphatic heterocycles. The van der Waals surface area contributed by atoms with E-state index in [1.165, 1.54) is 25.7 Å². The first-order chi connectivity index (χ1) is 34.0. The molecule has 0 radical (unpaired) electrons. The summed E-state index contributed by atoms with van der Waals surface area (Å²) >= 11 is 0. The number of unbranched alkanes of at least 4 members (excludes halogenated alkanes) is 6. The van der Waals surface area contributed by atoms with Crippen molar-refractivity contribution in [3.05, 3.63) is 170 Å². The number of hydrogen-bond acceptors (Lipinski definition) is 6. The van der Waals surface area contributed by atoms with Crippen LogP contribution in [0.1, 0.15) is 188 Å². The van der Waals surface area contributed by atoms with Crippen molar-refractivity contribution in [2.45, 2.75) is 194 Å². The lowest BCUT2D eigenvalue weighted by atomic mass is 10.2. The molecule has 69 heavy (non-hydrogen) atoms. The predicted molar refractivity (Wildman–Crippen MR) is 297 cm³/mol. The van der Waals surface area contributed by atoms with E-state index >= 15 is 0 Å². The van der Waals surface area contributed by atoms with Gasteiger partial charge in [0.15, 0.2) is 6.10 Å². The SMILES string of the molecule is CC/C=C/C/C=C/C/C=C/C/C=C/C/C=C/CCCC(=O)OC[C@@H](COC(=O)CCC/C=C/C/C=C/C/C=C/C/C=C/CCCCC)OC(=O)CCC/C=C/C/C=C/C/C=C/C/C=C/C/C=C/CC. The van der Waals surface area contributed by atoms with E-state index in [-0.39, 0.29) is 44.4 Å². The molecular weight excluding hydrogens is 853 g/mol. The van der Waals surface area contributed by atoms with Crippen LogP contribution in [0.3, 0.4) is 0 Å². The molecule has 0 N–H and O–H groups in total. The van der Waals surface area contributed by atoms with Gasteiger partial charge >= 0.3 is 17.9 Å².